The van der Waals surface area contributed by atoms with Gasteiger partial charge in [-0.2, -0.15) is 0 Å². The highest BCUT2D eigenvalue weighted by Gasteiger charge is 2.19. The zero-order valence-electron chi connectivity index (χ0n) is 27.7. The summed E-state index contributed by atoms with van der Waals surface area (Å²) in [7, 11) is -2.82. The molecule has 4 rings (SSSR count). The van der Waals surface area contributed by atoms with Gasteiger partial charge < -0.3 is 24.8 Å². The van der Waals surface area contributed by atoms with Gasteiger partial charge in [-0.3, -0.25) is 9.32 Å². The van der Waals surface area contributed by atoms with Crippen LogP contribution in [0.4, 0.5) is 5.69 Å². The van der Waals surface area contributed by atoms with E-state index in [1.165, 1.54) is 29.2 Å². The van der Waals surface area contributed by atoms with Crippen molar-refractivity contribution >= 4 is 30.3 Å². The van der Waals surface area contributed by atoms with Gasteiger partial charge in [0.2, 0.25) is 5.36 Å². The molecule has 0 saturated carbocycles. The summed E-state index contributed by atoms with van der Waals surface area (Å²) < 4.78 is 23.3. The van der Waals surface area contributed by atoms with Crippen LogP contribution in [0.2, 0.25) is 0 Å². The maximum atomic E-state index is 10.8. The maximum absolute atomic E-state index is 10.8. The van der Waals surface area contributed by atoms with Crippen LogP contribution in [0.25, 0.3) is 33.4 Å². The molecule has 45 heavy (non-hydrogen) atoms. The van der Waals surface area contributed by atoms with Gasteiger partial charge in [0.25, 0.3) is 0 Å². The summed E-state index contributed by atoms with van der Waals surface area (Å²) >= 11 is 0. The predicted molar refractivity (Wildman–Crippen MR) is 185 cm³/mol. The molecule has 0 unspecified atom stereocenters. The number of nitrogens with zero attached hydrogens (tertiary/aromatic N) is 2. The molecule has 1 heterocycles. The second-order valence-electron chi connectivity index (χ2n) is 10.2. The number of phosphoric acid groups is 1. The molecule has 0 spiro atoms. The van der Waals surface area contributed by atoms with Gasteiger partial charge in [0.1, 0.15) is 30.2 Å². The van der Waals surface area contributed by atoms with E-state index >= 15 is 0 Å². The van der Waals surface area contributed by atoms with Gasteiger partial charge in [0, 0.05) is 60.3 Å². The third-order valence-electron chi connectivity index (χ3n) is 7.51. The van der Waals surface area contributed by atoms with Crippen molar-refractivity contribution in [2.45, 2.75) is 60.3 Å². The Labute approximate surface area is 267 Å². The molecule has 2 aliphatic rings. The van der Waals surface area contributed by atoms with E-state index < -0.39 is 7.82 Å². The minimum absolute atomic E-state index is 0.00126. The van der Waals surface area contributed by atoms with E-state index in [-0.39, 0.29) is 12.4 Å². The quantitative estimate of drug-likeness (QED) is 0.0639. The van der Waals surface area contributed by atoms with E-state index in [9.17, 15) is 9.36 Å². The fourth-order valence-corrected chi connectivity index (χ4v) is 5.51. The number of anilines is 1. The standard InChI is InChI=1S/C27H31N2O.C7H15O5P.CH5N/c1-5-28(6-2)21-14-16-23-25(18-21)30-26-19-22(29(7-3)8-4)15-17-24(26)27(23)20-12-10-9-11-13-20;1-2-7(8)5-3-4-6-12-13(9,10)11;1-2/h9-19H,5-8H2,1-4H3;2-6H2,1H3,(H2,9,10,11);2H2,1H3/q+1;;. The fourth-order valence-electron chi connectivity index (χ4n) is 5.14. The molecule has 0 atom stereocenters. The van der Waals surface area contributed by atoms with Crippen molar-refractivity contribution in [2.75, 3.05) is 44.7 Å². The molecule has 0 radical (unpaired) electrons. The minimum Gasteiger partial charge on any atom is -0.456 e. The molecule has 2 aromatic rings. The van der Waals surface area contributed by atoms with Gasteiger partial charge in [-0.05, 0) is 71.3 Å². The highest BCUT2D eigenvalue weighted by Crippen LogP contribution is 2.40. The smallest absolute Gasteiger partial charge is 0.456 e. The number of ketones is 1. The number of Topliss-reactive ketones (excluding diaryl/α,β-unsaturated/α-hetero) is 1. The van der Waals surface area contributed by atoms with E-state index in [1.54, 1.807) is 6.92 Å². The molecule has 1 aliphatic carbocycles. The molecule has 1 aliphatic heterocycles. The Hall–Kier alpha value is -3.33. The van der Waals surface area contributed by atoms with Crippen LogP contribution >= 0.6 is 7.82 Å². The first kappa shape index (κ1) is 37.9. The summed E-state index contributed by atoms with van der Waals surface area (Å²) in [6.45, 7) is 14.5. The van der Waals surface area contributed by atoms with Crippen molar-refractivity contribution in [3.63, 3.8) is 0 Å². The number of unbranched alkanes of at least 4 members (excludes halogenated alkanes) is 1. The molecule has 0 aromatic heterocycles. The van der Waals surface area contributed by atoms with E-state index in [1.807, 2.05) is 0 Å². The van der Waals surface area contributed by atoms with Crippen molar-refractivity contribution in [1.82, 2.24) is 4.58 Å². The summed E-state index contributed by atoms with van der Waals surface area (Å²) in [6, 6.07) is 23.9. The molecule has 2 aromatic carbocycles. The van der Waals surface area contributed by atoms with E-state index in [4.69, 9.17) is 14.2 Å². The monoisotopic (exact) mass is 640 g/mol. The first-order valence-corrected chi connectivity index (χ1v) is 17.4. The summed E-state index contributed by atoms with van der Waals surface area (Å²) in [5, 5.41) is 2.36. The van der Waals surface area contributed by atoms with Crippen LogP contribution in [-0.4, -0.2) is 55.4 Å². The second kappa shape index (κ2) is 19.2. The van der Waals surface area contributed by atoms with Crippen molar-refractivity contribution in [1.29, 1.82) is 0 Å². The van der Waals surface area contributed by atoms with Crippen LogP contribution in [0.3, 0.4) is 0 Å². The third-order valence-corrected chi connectivity index (χ3v) is 8.03. The number of benzene rings is 3. The van der Waals surface area contributed by atoms with E-state index in [0.717, 1.165) is 48.5 Å². The third kappa shape index (κ3) is 11.2. The van der Waals surface area contributed by atoms with Gasteiger partial charge in [-0.15, -0.1) is 0 Å². The van der Waals surface area contributed by atoms with Crippen LogP contribution < -0.4 is 20.6 Å². The average molecular weight is 641 g/mol. The number of nitrogens with two attached hydrogens (primary N) is 1. The predicted octanol–water partition coefficient (Wildman–Crippen LogP) is 6.68. The van der Waals surface area contributed by atoms with Crippen LogP contribution in [0.1, 0.15) is 60.3 Å². The van der Waals surface area contributed by atoms with E-state index in [2.05, 4.69) is 114 Å². The van der Waals surface area contributed by atoms with Crippen LogP contribution in [-0.2, 0) is 13.9 Å². The molecule has 246 valence electrons. The first-order chi connectivity index (χ1) is 21.6. The molecule has 0 fully saturated rings. The fraction of sp³-hybridized carbons (Fsp3) is 0.429. The molecule has 0 saturated heterocycles. The second-order valence-corrected chi connectivity index (χ2v) is 11.5. The van der Waals surface area contributed by atoms with Crippen molar-refractivity contribution < 1.29 is 28.1 Å². The SMILES string of the molecule is CCC(=O)CCCCOP(=O)(O)O.CCN(CC)c1ccc2c(-c3ccccc3)c3ccc(=[N+](CC)CC)cc-3oc2c1.CN. The largest absolute Gasteiger partial charge is 0.469 e. The average Bonchev–Trinajstić information content (AvgIpc) is 3.05. The number of hydrogen-bond acceptors (Lipinski definition) is 6. The number of rotatable bonds is 13. The van der Waals surface area contributed by atoms with Crippen molar-refractivity contribution in [3.8, 4) is 22.5 Å². The molecular formula is C35H51N3O6P+. The Morgan fingerprint density at radius 1 is 0.911 bits per heavy atom. The number of fused-ring (bicyclic) bond motifs is 2. The van der Waals surface area contributed by atoms with Gasteiger partial charge >= 0.3 is 7.82 Å². The Kier molecular flexibility index (Phi) is 16.2. The van der Waals surface area contributed by atoms with Crippen molar-refractivity contribution in [3.05, 3.63) is 72.1 Å². The van der Waals surface area contributed by atoms with Gasteiger partial charge in [0.05, 0.1) is 12.7 Å². The van der Waals surface area contributed by atoms with Crippen LogP contribution in [0.15, 0.2) is 71.1 Å². The molecule has 0 bridgehead atoms. The Bertz CT molecular complexity index is 1550. The van der Waals surface area contributed by atoms with Gasteiger partial charge in [-0.25, -0.2) is 9.14 Å². The molecular weight excluding hydrogens is 589 g/mol. The summed E-state index contributed by atoms with van der Waals surface area (Å²) in [6.07, 6.45) is 2.09. The lowest BCUT2D eigenvalue weighted by molar-refractivity contribution is -0.118. The number of carbonyl (C=O) groups excluding carboxylic acids is 1. The van der Waals surface area contributed by atoms with Crippen LogP contribution in [0.5, 0.6) is 0 Å². The lowest BCUT2D eigenvalue weighted by atomic mass is 9.93. The first-order valence-electron chi connectivity index (χ1n) is 15.8. The van der Waals surface area contributed by atoms with Gasteiger partial charge in [0.15, 0.2) is 0 Å². The highest BCUT2D eigenvalue weighted by molar-refractivity contribution is 7.46. The molecule has 0 amide bonds. The van der Waals surface area contributed by atoms with E-state index in [0.29, 0.717) is 25.7 Å². The minimum atomic E-state index is -4.32. The Morgan fingerprint density at radius 3 is 2.16 bits per heavy atom. The Morgan fingerprint density at radius 2 is 1.58 bits per heavy atom. The molecule has 10 heteroatoms. The lowest BCUT2D eigenvalue weighted by Gasteiger charge is -2.22. The summed E-state index contributed by atoms with van der Waals surface area (Å²) in [5.41, 5.74) is 10.2. The summed E-state index contributed by atoms with van der Waals surface area (Å²) in [5.74, 6) is 1.10. The maximum Gasteiger partial charge on any atom is 0.469 e. The number of phosphoric ester groups is 1. The topological polar surface area (TPSA) is 129 Å². The van der Waals surface area contributed by atoms with Crippen molar-refractivity contribution in [2.24, 2.45) is 5.73 Å². The zero-order chi connectivity index (χ0) is 33.4. The zero-order valence-corrected chi connectivity index (χ0v) is 28.6. The van der Waals surface area contributed by atoms with Crippen LogP contribution in [0, 0.1) is 0 Å². The number of carbonyl (C=O) groups is 1. The lowest BCUT2D eigenvalue weighted by Crippen LogP contribution is -2.29. The summed E-state index contributed by atoms with van der Waals surface area (Å²) in [4.78, 5) is 29.7. The molecule has 4 N–H and O–H groups in total. The highest BCUT2D eigenvalue weighted by atomic mass is 31.2. The number of hydrogen-bond donors (Lipinski definition) is 3. The normalized spacial score (nSPS) is 11.0. The molecule has 9 nitrogen and oxygen atoms in total. The van der Waals surface area contributed by atoms with Gasteiger partial charge in [-0.1, -0.05) is 37.3 Å². The Balaban J connectivity index is 0.000000398.